The second-order valence-electron chi connectivity index (χ2n) is 4.01. The maximum absolute atomic E-state index is 12.8. The van der Waals surface area contributed by atoms with Crippen molar-refractivity contribution in [1.29, 1.82) is 0 Å². The minimum atomic E-state index is -2.70. The number of carbonyl (C=O) groups excluding carboxylic acids is 1. The average Bonchev–Trinajstić information content (AvgIpc) is 2.73. The molecule has 1 aromatic rings. The summed E-state index contributed by atoms with van der Waals surface area (Å²) in [5.74, 6) is 0. The van der Waals surface area contributed by atoms with Crippen molar-refractivity contribution in [3.63, 3.8) is 0 Å². The van der Waals surface area contributed by atoms with Crippen LogP contribution in [0.1, 0.15) is 60.8 Å². The van der Waals surface area contributed by atoms with E-state index >= 15 is 0 Å². The number of nitrogens with zero attached hydrogens (tertiary/aromatic N) is 3. The minimum Gasteiger partial charge on any atom is -0.296 e. The maximum Gasteiger partial charge on any atom is 0.282 e. The Labute approximate surface area is 91.6 Å². The molecule has 4 nitrogen and oxygen atoms in total. The number of rotatable bonds is 3. The molecule has 16 heavy (non-hydrogen) atoms. The lowest BCUT2D eigenvalue weighted by atomic mass is 9.95. The van der Waals surface area contributed by atoms with E-state index in [0.29, 0.717) is 6.29 Å². The Morgan fingerprint density at radius 2 is 2.00 bits per heavy atom. The van der Waals surface area contributed by atoms with Crippen molar-refractivity contribution in [2.45, 2.75) is 44.6 Å². The van der Waals surface area contributed by atoms with Crippen molar-refractivity contribution < 1.29 is 13.6 Å². The summed E-state index contributed by atoms with van der Waals surface area (Å²) < 4.78 is 26.9. The van der Waals surface area contributed by atoms with Crippen molar-refractivity contribution in [3.8, 4) is 0 Å². The molecule has 0 bridgehead atoms. The SMILES string of the molecule is O=Cc1nnn(C2CCCCC2)c1C(F)F. The number of aromatic nitrogens is 3. The summed E-state index contributed by atoms with van der Waals surface area (Å²) >= 11 is 0. The molecule has 0 saturated heterocycles. The zero-order valence-electron chi connectivity index (χ0n) is 8.77. The fraction of sp³-hybridized carbons (Fsp3) is 0.700. The van der Waals surface area contributed by atoms with Gasteiger partial charge in [0.1, 0.15) is 5.69 Å². The van der Waals surface area contributed by atoms with E-state index in [2.05, 4.69) is 10.3 Å². The van der Waals surface area contributed by atoms with Crippen LogP contribution in [0.25, 0.3) is 0 Å². The minimum absolute atomic E-state index is 0.0288. The summed E-state index contributed by atoms with van der Waals surface area (Å²) in [5.41, 5.74) is -0.567. The first-order chi connectivity index (χ1) is 7.74. The molecule has 1 heterocycles. The molecule has 6 heteroatoms. The summed E-state index contributed by atoms with van der Waals surface area (Å²) in [4.78, 5) is 10.6. The second kappa shape index (κ2) is 4.67. The largest absolute Gasteiger partial charge is 0.296 e. The van der Waals surface area contributed by atoms with E-state index < -0.39 is 6.43 Å². The van der Waals surface area contributed by atoms with Gasteiger partial charge in [0.15, 0.2) is 12.0 Å². The van der Waals surface area contributed by atoms with Gasteiger partial charge in [0.2, 0.25) is 0 Å². The van der Waals surface area contributed by atoms with E-state index in [1.165, 1.54) is 4.68 Å². The van der Waals surface area contributed by atoms with Gasteiger partial charge < -0.3 is 0 Å². The monoisotopic (exact) mass is 229 g/mol. The molecule has 0 unspecified atom stereocenters. The summed E-state index contributed by atoms with van der Waals surface area (Å²) in [7, 11) is 0. The number of halogens is 2. The van der Waals surface area contributed by atoms with Gasteiger partial charge in [-0.2, -0.15) is 0 Å². The quantitative estimate of drug-likeness (QED) is 0.748. The first-order valence-electron chi connectivity index (χ1n) is 5.42. The highest BCUT2D eigenvalue weighted by molar-refractivity contribution is 5.73. The van der Waals surface area contributed by atoms with E-state index in [9.17, 15) is 13.6 Å². The number of hydrogen-bond acceptors (Lipinski definition) is 3. The number of carbonyl (C=O) groups is 1. The van der Waals surface area contributed by atoms with Gasteiger partial charge in [0.05, 0.1) is 6.04 Å². The zero-order valence-corrected chi connectivity index (χ0v) is 8.77. The molecule has 0 N–H and O–H groups in total. The molecule has 0 radical (unpaired) electrons. The van der Waals surface area contributed by atoms with Crippen molar-refractivity contribution in [2.24, 2.45) is 0 Å². The van der Waals surface area contributed by atoms with Crippen molar-refractivity contribution in [2.75, 3.05) is 0 Å². The molecular weight excluding hydrogens is 216 g/mol. The molecule has 88 valence electrons. The number of hydrogen-bond donors (Lipinski definition) is 0. The molecule has 0 aliphatic heterocycles. The second-order valence-corrected chi connectivity index (χ2v) is 4.01. The van der Waals surface area contributed by atoms with Crippen LogP contribution < -0.4 is 0 Å². The molecule has 0 spiro atoms. The molecule has 0 amide bonds. The van der Waals surface area contributed by atoms with Gasteiger partial charge in [0.25, 0.3) is 6.43 Å². The third kappa shape index (κ3) is 1.96. The molecule has 1 aliphatic carbocycles. The van der Waals surface area contributed by atoms with Crippen molar-refractivity contribution in [3.05, 3.63) is 11.4 Å². The lowest BCUT2D eigenvalue weighted by Gasteiger charge is -2.22. The Balaban J connectivity index is 2.31. The topological polar surface area (TPSA) is 47.8 Å². The summed E-state index contributed by atoms with van der Waals surface area (Å²) in [6, 6.07) is -0.0288. The fourth-order valence-electron chi connectivity index (χ4n) is 2.20. The molecule has 0 atom stereocenters. The molecule has 2 rings (SSSR count). The zero-order chi connectivity index (χ0) is 11.5. The summed E-state index contributed by atoms with van der Waals surface area (Å²) in [6.07, 6.45) is 2.48. The van der Waals surface area contributed by atoms with Crippen molar-refractivity contribution >= 4 is 6.29 Å². The molecule has 1 aromatic heterocycles. The van der Waals surface area contributed by atoms with Crippen molar-refractivity contribution in [1.82, 2.24) is 15.0 Å². The van der Waals surface area contributed by atoms with Crippen LogP contribution in [0.3, 0.4) is 0 Å². The third-order valence-electron chi connectivity index (χ3n) is 3.00. The lowest BCUT2D eigenvalue weighted by molar-refractivity contribution is 0.109. The van der Waals surface area contributed by atoms with E-state index in [1.807, 2.05) is 0 Å². The van der Waals surface area contributed by atoms with Crippen LogP contribution in [0.2, 0.25) is 0 Å². The summed E-state index contributed by atoms with van der Waals surface area (Å²) in [5, 5.41) is 7.18. The molecule has 0 aromatic carbocycles. The van der Waals surface area contributed by atoms with Crippen LogP contribution in [0.4, 0.5) is 8.78 Å². The van der Waals surface area contributed by atoms with Crippen LogP contribution in [0.15, 0.2) is 0 Å². The highest BCUT2D eigenvalue weighted by atomic mass is 19.3. The van der Waals surface area contributed by atoms with Crippen LogP contribution in [-0.2, 0) is 0 Å². The Bertz CT molecular complexity index is 372. The maximum atomic E-state index is 12.8. The Morgan fingerprint density at radius 3 is 2.56 bits per heavy atom. The van der Waals surface area contributed by atoms with E-state index in [-0.39, 0.29) is 17.4 Å². The van der Waals surface area contributed by atoms with Gasteiger partial charge in [-0.25, -0.2) is 13.5 Å². The highest BCUT2D eigenvalue weighted by Crippen LogP contribution is 2.31. The van der Waals surface area contributed by atoms with Crippen LogP contribution in [0, 0.1) is 0 Å². The van der Waals surface area contributed by atoms with E-state index in [0.717, 1.165) is 32.1 Å². The van der Waals surface area contributed by atoms with Gasteiger partial charge in [0, 0.05) is 0 Å². The number of alkyl halides is 2. The highest BCUT2D eigenvalue weighted by Gasteiger charge is 2.26. The predicted octanol–water partition coefficient (Wildman–Crippen LogP) is 2.53. The van der Waals surface area contributed by atoms with Gasteiger partial charge >= 0.3 is 0 Å². The normalized spacial score (nSPS) is 17.9. The van der Waals surface area contributed by atoms with E-state index in [4.69, 9.17) is 0 Å². The standard InChI is InChI=1S/C10H13F2N3O/c11-10(12)9-8(6-16)13-14-15(9)7-4-2-1-3-5-7/h6-7,10H,1-5H2. The van der Waals surface area contributed by atoms with Gasteiger partial charge in [-0.1, -0.05) is 24.5 Å². The molecule has 1 aliphatic rings. The number of aldehydes is 1. The Morgan fingerprint density at radius 1 is 1.31 bits per heavy atom. The predicted molar refractivity (Wildman–Crippen MR) is 52.5 cm³/mol. The molecule has 1 saturated carbocycles. The van der Waals surface area contributed by atoms with E-state index in [1.54, 1.807) is 0 Å². The van der Waals surface area contributed by atoms with Crippen LogP contribution in [-0.4, -0.2) is 21.3 Å². The van der Waals surface area contributed by atoms with Crippen LogP contribution in [0.5, 0.6) is 0 Å². The summed E-state index contributed by atoms with van der Waals surface area (Å²) in [6.45, 7) is 0. The molecule has 1 fully saturated rings. The first-order valence-corrected chi connectivity index (χ1v) is 5.42. The Kier molecular flexibility index (Phi) is 3.26. The van der Waals surface area contributed by atoms with Gasteiger partial charge in [-0.15, -0.1) is 5.10 Å². The average molecular weight is 229 g/mol. The first kappa shape index (κ1) is 11.2. The van der Waals surface area contributed by atoms with Gasteiger partial charge in [-0.3, -0.25) is 4.79 Å². The lowest BCUT2D eigenvalue weighted by Crippen LogP contribution is -2.17. The smallest absolute Gasteiger partial charge is 0.282 e. The third-order valence-corrected chi connectivity index (χ3v) is 3.00. The van der Waals surface area contributed by atoms with Crippen LogP contribution >= 0.6 is 0 Å². The molecular formula is C10H13F2N3O. The van der Waals surface area contributed by atoms with Gasteiger partial charge in [-0.05, 0) is 12.8 Å². The Hall–Kier alpha value is -1.33. The fourth-order valence-corrected chi connectivity index (χ4v) is 2.20.